The summed E-state index contributed by atoms with van der Waals surface area (Å²) in [5.41, 5.74) is 0. The van der Waals surface area contributed by atoms with E-state index < -0.39 is 6.10 Å². The molecule has 0 aromatic carbocycles. The van der Waals surface area contributed by atoms with E-state index in [0.29, 0.717) is 19.3 Å². The summed E-state index contributed by atoms with van der Waals surface area (Å²) in [4.78, 5) is 37.8. The van der Waals surface area contributed by atoms with E-state index in [2.05, 4.69) is 57.2 Å². The van der Waals surface area contributed by atoms with Gasteiger partial charge in [-0.1, -0.05) is 231 Å². The molecule has 62 heavy (non-hydrogen) atoms. The summed E-state index contributed by atoms with van der Waals surface area (Å²) in [6.45, 7) is 6.55. The van der Waals surface area contributed by atoms with Crippen LogP contribution in [0.25, 0.3) is 0 Å². The molecule has 0 aromatic heterocycles. The van der Waals surface area contributed by atoms with Gasteiger partial charge in [0.1, 0.15) is 13.2 Å². The van der Waals surface area contributed by atoms with Crippen LogP contribution >= 0.6 is 0 Å². The molecule has 0 saturated heterocycles. The average Bonchev–Trinajstić information content (AvgIpc) is 3.27. The van der Waals surface area contributed by atoms with E-state index in [4.69, 9.17) is 14.2 Å². The van der Waals surface area contributed by atoms with Crippen molar-refractivity contribution in [2.75, 3.05) is 13.2 Å². The molecule has 0 aliphatic heterocycles. The summed E-state index contributed by atoms with van der Waals surface area (Å²) < 4.78 is 16.7. The van der Waals surface area contributed by atoms with Crippen LogP contribution in [-0.4, -0.2) is 37.2 Å². The third-order valence-corrected chi connectivity index (χ3v) is 11.8. The summed E-state index contributed by atoms with van der Waals surface area (Å²) in [7, 11) is 0. The molecule has 0 heterocycles. The molecule has 0 aliphatic rings. The molecule has 0 aromatic rings. The zero-order valence-electron chi connectivity index (χ0n) is 41.4. The summed E-state index contributed by atoms with van der Waals surface area (Å²) in [5, 5.41) is 0. The first-order chi connectivity index (χ1) is 30.5. The standard InChI is InChI=1S/C56H102O6/c1-4-7-10-13-16-19-21-23-24-25-26-27-28-29-30-31-32-34-35-37-40-43-46-49-55(58)61-52-53(51-60-54(57)48-45-42-39-18-15-12-9-6-3)62-56(59)50-47-44-41-38-36-33-22-20-17-14-11-8-5-2/h11,14,20,22,25-26,53H,4-10,12-13,15-19,21,23-24,27-52H2,1-3H3/b14-11-,22-20-,26-25-. The fourth-order valence-electron chi connectivity index (χ4n) is 7.77. The number of allylic oxidation sites excluding steroid dienone is 6. The molecule has 1 atom stereocenters. The van der Waals surface area contributed by atoms with Crippen LogP contribution in [0.1, 0.15) is 284 Å². The van der Waals surface area contributed by atoms with Crippen LogP contribution < -0.4 is 0 Å². The zero-order valence-corrected chi connectivity index (χ0v) is 41.4. The monoisotopic (exact) mass is 871 g/mol. The fourth-order valence-corrected chi connectivity index (χ4v) is 7.77. The highest BCUT2D eigenvalue weighted by Crippen LogP contribution is 2.16. The molecule has 0 spiro atoms. The number of rotatable bonds is 49. The van der Waals surface area contributed by atoms with Crippen molar-refractivity contribution in [2.45, 2.75) is 290 Å². The maximum Gasteiger partial charge on any atom is 0.306 e. The molecule has 0 fully saturated rings. The molecule has 6 nitrogen and oxygen atoms in total. The Morgan fingerprint density at radius 3 is 0.968 bits per heavy atom. The minimum absolute atomic E-state index is 0.0758. The lowest BCUT2D eigenvalue weighted by Gasteiger charge is -2.18. The van der Waals surface area contributed by atoms with Crippen molar-refractivity contribution in [3.8, 4) is 0 Å². The van der Waals surface area contributed by atoms with Crippen molar-refractivity contribution in [1.82, 2.24) is 0 Å². The number of hydrogen-bond donors (Lipinski definition) is 0. The van der Waals surface area contributed by atoms with Crippen molar-refractivity contribution in [1.29, 1.82) is 0 Å². The molecule has 0 N–H and O–H groups in total. The minimum atomic E-state index is -0.774. The van der Waals surface area contributed by atoms with Gasteiger partial charge in [-0.25, -0.2) is 0 Å². The molecule has 0 amide bonds. The van der Waals surface area contributed by atoms with E-state index >= 15 is 0 Å². The predicted molar refractivity (Wildman–Crippen MR) is 266 cm³/mol. The minimum Gasteiger partial charge on any atom is -0.462 e. The second-order valence-corrected chi connectivity index (χ2v) is 18.1. The van der Waals surface area contributed by atoms with Gasteiger partial charge in [0.05, 0.1) is 0 Å². The number of hydrogen-bond acceptors (Lipinski definition) is 6. The Morgan fingerprint density at radius 2 is 0.613 bits per heavy atom. The van der Waals surface area contributed by atoms with Crippen LogP contribution in [0.15, 0.2) is 36.5 Å². The van der Waals surface area contributed by atoms with E-state index in [0.717, 1.165) is 89.9 Å². The van der Waals surface area contributed by atoms with E-state index in [1.54, 1.807) is 0 Å². The highest BCUT2D eigenvalue weighted by molar-refractivity contribution is 5.71. The Kier molecular flexibility index (Phi) is 49.3. The molecule has 6 heteroatoms. The van der Waals surface area contributed by atoms with Crippen LogP contribution in [0.5, 0.6) is 0 Å². The van der Waals surface area contributed by atoms with Crippen LogP contribution in [-0.2, 0) is 28.6 Å². The van der Waals surface area contributed by atoms with Crippen LogP contribution in [0, 0.1) is 0 Å². The number of unbranched alkanes of at least 4 members (excludes halogenated alkanes) is 32. The number of carbonyl (C=O) groups is 3. The van der Waals surface area contributed by atoms with Gasteiger partial charge in [-0.2, -0.15) is 0 Å². The van der Waals surface area contributed by atoms with E-state index in [1.807, 2.05) is 0 Å². The van der Waals surface area contributed by atoms with Gasteiger partial charge in [0.15, 0.2) is 6.10 Å². The Bertz CT molecular complexity index is 1050. The normalized spacial score (nSPS) is 12.2. The molecule has 1 unspecified atom stereocenters. The van der Waals surface area contributed by atoms with E-state index in [1.165, 1.54) is 154 Å². The van der Waals surface area contributed by atoms with Crippen LogP contribution in [0.4, 0.5) is 0 Å². The Hall–Kier alpha value is -2.37. The smallest absolute Gasteiger partial charge is 0.306 e. The third-order valence-electron chi connectivity index (χ3n) is 11.8. The van der Waals surface area contributed by atoms with Crippen molar-refractivity contribution < 1.29 is 28.6 Å². The molecule has 0 radical (unpaired) electrons. The molecular formula is C56H102O6. The quantitative estimate of drug-likeness (QED) is 0.0262. The van der Waals surface area contributed by atoms with Gasteiger partial charge in [0, 0.05) is 19.3 Å². The molecule has 0 aliphatic carbocycles. The van der Waals surface area contributed by atoms with Crippen LogP contribution in [0.3, 0.4) is 0 Å². The largest absolute Gasteiger partial charge is 0.462 e. The van der Waals surface area contributed by atoms with Crippen molar-refractivity contribution in [2.24, 2.45) is 0 Å². The van der Waals surface area contributed by atoms with E-state index in [-0.39, 0.29) is 31.1 Å². The predicted octanol–water partition coefficient (Wildman–Crippen LogP) is 17.7. The van der Waals surface area contributed by atoms with E-state index in [9.17, 15) is 14.4 Å². The number of carbonyl (C=O) groups excluding carboxylic acids is 3. The second-order valence-electron chi connectivity index (χ2n) is 18.1. The molecule has 0 saturated carbocycles. The SMILES string of the molecule is CCC/C=C\C/C=C\CCCCCCCC(=O)OC(COC(=O)CCCCCCCCCC)COC(=O)CCCCCCCCCCCCC/C=C\CCCCCCCCCC. The maximum atomic E-state index is 12.7. The number of esters is 3. The van der Waals surface area contributed by atoms with Gasteiger partial charge in [-0.3, -0.25) is 14.4 Å². The van der Waals surface area contributed by atoms with Crippen LogP contribution in [0.2, 0.25) is 0 Å². The van der Waals surface area contributed by atoms with Crippen molar-refractivity contribution in [3.05, 3.63) is 36.5 Å². The second kappa shape index (κ2) is 51.3. The molecule has 0 bridgehead atoms. The van der Waals surface area contributed by atoms with Gasteiger partial charge in [-0.15, -0.1) is 0 Å². The fraction of sp³-hybridized carbons (Fsp3) is 0.839. The van der Waals surface area contributed by atoms with Gasteiger partial charge >= 0.3 is 17.9 Å². The van der Waals surface area contributed by atoms with Gasteiger partial charge < -0.3 is 14.2 Å². The van der Waals surface area contributed by atoms with Gasteiger partial charge in [-0.05, 0) is 70.6 Å². The highest BCUT2D eigenvalue weighted by atomic mass is 16.6. The average molecular weight is 871 g/mol. The molecular weight excluding hydrogens is 769 g/mol. The third kappa shape index (κ3) is 48.7. The van der Waals surface area contributed by atoms with Crippen molar-refractivity contribution >= 4 is 17.9 Å². The van der Waals surface area contributed by atoms with Gasteiger partial charge in [0.25, 0.3) is 0 Å². The lowest BCUT2D eigenvalue weighted by molar-refractivity contribution is -0.167. The molecule has 362 valence electrons. The zero-order chi connectivity index (χ0) is 45.1. The Balaban J connectivity index is 4.17. The highest BCUT2D eigenvalue weighted by Gasteiger charge is 2.19. The lowest BCUT2D eigenvalue weighted by Crippen LogP contribution is -2.30. The summed E-state index contributed by atoms with van der Waals surface area (Å²) >= 11 is 0. The summed E-state index contributed by atoms with van der Waals surface area (Å²) in [5.74, 6) is -0.886. The number of ether oxygens (including phenoxy) is 3. The first-order valence-corrected chi connectivity index (χ1v) is 27.0. The summed E-state index contributed by atoms with van der Waals surface area (Å²) in [6.07, 6.45) is 60.1. The van der Waals surface area contributed by atoms with Crippen molar-refractivity contribution in [3.63, 3.8) is 0 Å². The molecule has 0 rings (SSSR count). The topological polar surface area (TPSA) is 78.9 Å². The maximum absolute atomic E-state index is 12.7. The first-order valence-electron chi connectivity index (χ1n) is 27.0. The first kappa shape index (κ1) is 59.6. The lowest BCUT2D eigenvalue weighted by atomic mass is 10.0. The summed E-state index contributed by atoms with van der Waals surface area (Å²) in [6, 6.07) is 0. The Morgan fingerprint density at radius 1 is 0.323 bits per heavy atom. The Labute approximate surface area is 385 Å². The van der Waals surface area contributed by atoms with Gasteiger partial charge in [0.2, 0.25) is 0 Å².